The molecule has 0 bridgehead atoms. The monoisotopic (exact) mass is 837 g/mol. The number of aromatic hydroxyl groups is 1. The minimum absolute atomic E-state index is 0.0359. The number of phenolic OH excluding ortho intramolecular Hbond substituents is 1. The molecule has 0 unspecified atom stereocenters. The molecule has 1 heterocycles. The van der Waals surface area contributed by atoms with Gasteiger partial charge in [0, 0.05) is 25.9 Å². The van der Waals surface area contributed by atoms with Gasteiger partial charge in [-0.2, -0.15) is 0 Å². The van der Waals surface area contributed by atoms with Gasteiger partial charge in [-0.25, -0.2) is 0 Å². The summed E-state index contributed by atoms with van der Waals surface area (Å²) in [7, 11) is 0. The fraction of sp³-hybridized carbons (Fsp3) is 0.500. The molecule has 0 saturated carbocycles. The number of primary amides is 1. The highest BCUT2D eigenvalue weighted by Crippen LogP contribution is 2.20. The Bertz CT molecular complexity index is 1810. The Morgan fingerprint density at radius 2 is 1.40 bits per heavy atom. The van der Waals surface area contributed by atoms with Crippen LogP contribution in [0.25, 0.3) is 0 Å². The molecule has 3 rings (SSSR count). The van der Waals surface area contributed by atoms with Gasteiger partial charge in [-0.3, -0.25) is 38.6 Å². The number of rotatable bonds is 23. The van der Waals surface area contributed by atoms with Crippen LogP contribution in [0.5, 0.6) is 5.75 Å². The van der Waals surface area contributed by atoms with Crippen LogP contribution in [-0.4, -0.2) is 125 Å². The second-order valence-electron chi connectivity index (χ2n) is 15.0. The average Bonchev–Trinajstić information content (AvgIpc) is 3.70. The first-order chi connectivity index (χ1) is 28.5. The smallest absolute Gasteiger partial charge is 0.245 e. The number of likely N-dealkylation sites (tertiary alicyclic amines) is 1. The van der Waals surface area contributed by atoms with Crippen molar-refractivity contribution in [2.45, 2.75) is 95.0 Å². The summed E-state index contributed by atoms with van der Waals surface area (Å²) >= 11 is 0. The number of guanidine groups is 1. The second-order valence-corrected chi connectivity index (χ2v) is 15.0. The van der Waals surface area contributed by atoms with E-state index in [9.17, 15) is 43.8 Å². The van der Waals surface area contributed by atoms with E-state index in [1.165, 1.54) is 29.2 Å². The maximum atomic E-state index is 13.9. The summed E-state index contributed by atoms with van der Waals surface area (Å²) in [5.41, 5.74) is 23.5. The van der Waals surface area contributed by atoms with Crippen LogP contribution in [0.4, 0.5) is 0 Å². The van der Waals surface area contributed by atoms with E-state index in [1.54, 1.807) is 30.3 Å². The number of carbonyl (C=O) groups excluding carboxylic acids is 7. The number of aliphatic hydroxyl groups excluding tert-OH is 1. The van der Waals surface area contributed by atoms with Crippen molar-refractivity contribution in [2.24, 2.45) is 33.8 Å². The summed E-state index contributed by atoms with van der Waals surface area (Å²) in [5.74, 6) is -5.20. The number of nitrogens with one attached hydrogen (secondary N) is 5. The van der Waals surface area contributed by atoms with Crippen LogP contribution in [0, 0.1) is 5.92 Å². The summed E-state index contributed by atoms with van der Waals surface area (Å²) in [5, 5.41) is 32.8. The summed E-state index contributed by atoms with van der Waals surface area (Å²) in [6, 6.07) is 7.42. The molecule has 6 atom stereocenters. The first kappa shape index (κ1) is 48.1. The molecule has 1 saturated heterocycles. The number of amides is 7. The molecule has 20 nitrogen and oxygen atoms in total. The number of phenols is 1. The molecular formula is C40H59N11O9. The van der Waals surface area contributed by atoms with Gasteiger partial charge in [0.05, 0.1) is 19.2 Å². The molecule has 1 aliphatic rings. The maximum absolute atomic E-state index is 13.9. The van der Waals surface area contributed by atoms with Crippen LogP contribution in [0.3, 0.4) is 0 Å². The van der Waals surface area contributed by atoms with Crippen molar-refractivity contribution in [1.29, 1.82) is 0 Å². The standard InChI is InChI=1S/C40H59N11O9/c1-23(2)18-28(34(42)55)47-33(54)21-46-35(56)29(19-24-8-4-3-5-9-24)48-37(58)31(22-52)50-36(57)30(20-25-12-14-26(53)15-13-25)49-38(59)32-11-7-17-51(32)39(60)27(41)10-6-16-45-40(43)44/h3-5,8-9,12-15,23,27-32,52-53H,6-7,10-11,16-22,41H2,1-2H3,(H2,42,55)(H,46,56)(H,47,54)(H,48,58)(H,49,59)(H,50,57)(H4,43,44,45)/t27-,28-,29-,30-,31-,32-/m0/s1. The van der Waals surface area contributed by atoms with Crippen LogP contribution < -0.4 is 49.5 Å². The zero-order chi connectivity index (χ0) is 44.4. The molecule has 7 amide bonds. The lowest BCUT2D eigenvalue weighted by atomic mass is 10.0. The molecule has 2 aromatic rings. The quantitative estimate of drug-likeness (QED) is 0.0306. The Balaban J connectivity index is 1.76. The number of nitrogens with zero attached hydrogens (tertiary/aromatic N) is 2. The zero-order valence-electron chi connectivity index (χ0n) is 34.0. The van der Waals surface area contributed by atoms with Gasteiger partial charge < -0.3 is 64.6 Å². The first-order valence-electron chi connectivity index (χ1n) is 19.8. The number of nitrogens with two attached hydrogens (primary N) is 4. The molecule has 1 aliphatic heterocycles. The van der Waals surface area contributed by atoms with Gasteiger partial charge in [-0.05, 0) is 61.3 Å². The Morgan fingerprint density at radius 1 is 0.800 bits per heavy atom. The van der Waals surface area contributed by atoms with E-state index < -0.39 is 90.8 Å². The SMILES string of the molecule is CC(C)C[C@H](NC(=O)CNC(=O)[C@H](Cc1ccccc1)NC(=O)[C@H](CO)NC(=O)[C@H](Cc1ccc(O)cc1)NC(=O)[C@@H]1CCCN1C(=O)[C@@H](N)CCCN=C(N)N)C(N)=O. The van der Waals surface area contributed by atoms with Crippen molar-refractivity contribution in [3.63, 3.8) is 0 Å². The predicted octanol–water partition coefficient (Wildman–Crippen LogP) is -2.87. The number of aliphatic imine (C=N–C) groups is 1. The van der Waals surface area contributed by atoms with Gasteiger partial charge in [0.2, 0.25) is 41.4 Å². The van der Waals surface area contributed by atoms with Gasteiger partial charge in [0.25, 0.3) is 0 Å². The Hall–Kier alpha value is -6.28. The molecule has 0 aromatic heterocycles. The van der Waals surface area contributed by atoms with Crippen LogP contribution in [0.1, 0.15) is 57.1 Å². The summed E-state index contributed by atoms with van der Waals surface area (Å²) in [6.07, 6.45) is 1.61. The minimum Gasteiger partial charge on any atom is -0.508 e. The van der Waals surface area contributed by atoms with E-state index in [1.807, 2.05) is 13.8 Å². The van der Waals surface area contributed by atoms with Crippen molar-refractivity contribution in [3.8, 4) is 5.75 Å². The third-order valence-electron chi connectivity index (χ3n) is 9.67. The van der Waals surface area contributed by atoms with Gasteiger partial charge in [0.15, 0.2) is 5.96 Å². The van der Waals surface area contributed by atoms with Crippen molar-refractivity contribution >= 4 is 47.3 Å². The molecule has 60 heavy (non-hydrogen) atoms. The number of hydrogen-bond acceptors (Lipinski definition) is 11. The van der Waals surface area contributed by atoms with E-state index in [0.717, 1.165) is 0 Å². The molecule has 0 spiro atoms. The Morgan fingerprint density at radius 3 is 2.00 bits per heavy atom. The topological polar surface area (TPSA) is 340 Å². The van der Waals surface area contributed by atoms with Crippen molar-refractivity contribution in [3.05, 3.63) is 65.7 Å². The third-order valence-corrected chi connectivity index (χ3v) is 9.67. The van der Waals surface area contributed by atoms with E-state index in [0.29, 0.717) is 30.4 Å². The molecule has 328 valence electrons. The largest absolute Gasteiger partial charge is 0.508 e. The van der Waals surface area contributed by atoms with Crippen LogP contribution in [0.15, 0.2) is 59.6 Å². The molecule has 20 heteroatoms. The van der Waals surface area contributed by atoms with E-state index >= 15 is 0 Å². The van der Waals surface area contributed by atoms with Gasteiger partial charge in [-0.15, -0.1) is 0 Å². The minimum atomic E-state index is -1.61. The number of carbonyl (C=O) groups is 7. The van der Waals surface area contributed by atoms with Crippen molar-refractivity contribution in [2.75, 3.05) is 26.2 Å². The van der Waals surface area contributed by atoms with Crippen LogP contribution in [0.2, 0.25) is 0 Å². The van der Waals surface area contributed by atoms with E-state index in [2.05, 4.69) is 31.6 Å². The first-order valence-corrected chi connectivity index (χ1v) is 19.8. The number of benzene rings is 2. The molecule has 0 radical (unpaired) electrons. The lowest BCUT2D eigenvalue weighted by Crippen LogP contribution is -2.60. The highest BCUT2D eigenvalue weighted by atomic mass is 16.3. The zero-order valence-corrected chi connectivity index (χ0v) is 34.0. The molecule has 0 aliphatic carbocycles. The second kappa shape index (κ2) is 24.0. The van der Waals surface area contributed by atoms with Crippen LogP contribution >= 0.6 is 0 Å². The normalized spacial score (nSPS) is 16.0. The third kappa shape index (κ3) is 15.8. The highest BCUT2D eigenvalue weighted by Gasteiger charge is 2.38. The molecule has 2 aromatic carbocycles. The Labute approximate surface area is 348 Å². The fourth-order valence-corrected chi connectivity index (χ4v) is 6.56. The summed E-state index contributed by atoms with van der Waals surface area (Å²) < 4.78 is 0. The van der Waals surface area contributed by atoms with Crippen LogP contribution in [-0.2, 0) is 46.4 Å². The van der Waals surface area contributed by atoms with E-state index in [4.69, 9.17) is 22.9 Å². The number of aliphatic hydroxyl groups is 1. The molecular weight excluding hydrogens is 779 g/mol. The van der Waals surface area contributed by atoms with Gasteiger partial charge >= 0.3 is 0 Å². The van der Waals surface area contributed by atoms with Crippen molar-refractivity contribution < 1.29 is 43.8 Å². The predicted molar refractivity (Wildman–Crippen MR) is 221 cm³/mol. The number of hydrogen-bond donors (Lipinski definition) is 11. The average molecular weight is 838 g/mol. The highest BCUT2D eigenvalue weighted by molar-refractivity contribution is 5.97. The van der Waals surface area contributed by atoms with E-state index in [-0.39, 0.29) is 56.4 Å². The lowest BCUT2D eigenvalue weighted by molar-refractivity contribution is -0.140. The summed E-state index contributed by atoms with van der Waals surface area (Å²) in [6.45, 7) is 2.78. The Kier molecular flexibility index (Phi) is 19.2. The maximum Gasteiger partial charge on any atom is 0.245 e. The molecule has 1 fully saturated rings. The van der Waals surface area contributed by atoms with Gasteiger partial charge in [0.1, 0.15) is 36.0 Å². The lowest BCUT2D eigenvalue weighted by Gasteiger charge is -2.29. The molecule has 15 N–H and O–H groups in total. The summed E-state index contributed by atoms with van der Waals surface area (Å²) in [4.78, 5) is 97.8. The fourth-order valence-electron chi connectivity index (χ4n) is 6.56. The van der Waals surface area contributed by atoms with Gasteiger partial charge in [-0.1, -0.05) is 56.3 Å². The van der Waals surface area contributed by atoms with Crippen molar-refractivity contribution in [1.82, 2.24) is 31.5 Å².